The second-order valence-corrected chi connectivity index (χ2v) is 8.65. The summed E-state index contributed by atoms with van der Waals surface area (Å²) in [6.07, 6.45) is 1.16. The molecule has 0 saturated heterocycles. The normalized spacial score (nSPS) is 11.6. The number of ether oxygens (including phenoxy) is 1. The number of esters is 1. The molecule has 0 spiro atoms. The first-order valence-corrected chi connectivity index (χ1v) is 10.4. The highest BCUT2D eigenvalue weighted by Gasteiger charge is 2.22. The highest BCUT2D eigenvalue weighted by molar-refractivity contribution is 7.92. The summed E-state index contributed by atoms with van der Waals surface area (Å²) >= 11 is 6.80. The van der Waals surface area contributed by atoms with Crippen molar-refractivity contribution in [2.45, 2.75) is 18.7 Å². The van der Waals surface area contributed by atoms with E-state index in [0.29, 0.717) is 20.7 Å². The fourth-order valence-electron chi connectivity index (χ4n) is 2.39. The predicted octanol–water partition coefficient (Wildman–Crippen LogP) is 4.37. The van der Waals surface area contributed by atoms with Gasteiger partial charge in [-0.05, 0) is 43.7 Å². The molecule has 3 rings (SSSR count). The van der Waals surface area contributed by atoms with E-state index < -0.39 is 21.8 Å². The zero-order valence-electron chi connectivity index (χ0n) is 14.2. The second kappa shape index (κ2) is 7.41. The van der Waals surface area contributed by atoms with Gasteiger partial charge in [-0.2, -0.15) is 0 Å². The third-order valence-electron chi connectivity index (χ3n) is 3.72. The number of hydrogen-bond acceptors (Lipinski definition) is 6. The molecule has 27 heavy (non-hydrogen) atoms. The lowest BCUT2D eigenvalue weighted by atomic mass is 10.2. The molecule has 0 amide bonds. The summed E-state index contributed by atoms with van der Waals surface area (Å²) in [6.45, 7) is 3.62. The summed E-state index contributed by atoms with van der Waals surface area (Å²) in [5.74, 6) is -1.28. The van der Waals surface area contributed by atoms with Gasteiger partial charge in [0.05, 0.1) is 12.3 Å². The van der Waals surface area contributed by atoms with Crippen molar-refractivity contribution < 1.29 is 22.3 Å². The molecular formula is C17H14ClFN2O4S2. The molecule has 0 aliphatic heterocycles. The van der Waals surface area contributed by atoms with Gasteiger partial charge in [-0.15, -0.1) is 11.3 Å². The summed E-state index contributed by atoms with van der Waals surface area (Å²) in [4.78, 5) is 16.8. The number of sulfonamides is 1. The average molecular weight is 429 g/mol. The van der Waals surface area contributed by atoms with E-state index >= 15 is 0 Å². The van der Waals surface area contributed by atoms with E-state index in [1.54, 1.807) is 13.8 Å². The molecular weight excluding hydrogens is 415 g/mol. The van der Waals surface area contributed by atoms with Crippen molar-refractivity contribution in [2.24, 2.45) is 0 Å². The number of nitrogens with one attached hydrogen (secondary N) is 1. The van der Waals surface area contributed by atoms with Crippen LogP contribution in [-0.2, 0) is 14.8 Å². The van der Waals surface area contributed by atoms with Crippen LogP contribution in [0, 0.1) is 12.7 Å². The molecule has 1 aromatic carbocycles. The molecule has 6 nitrogen and oxygen atoms in total. The monoisotopic (exact) mass is 428 g/mol. The zero-order valence-corrected chi connectivity index (χ0v) is 16.6. The van der Waals surface area contributed by atoms with Crippen LogP contribution < -0.4 is 4.72 Å². The molecule has 2 aromatic heterocycles. The Hall–Kier alpha value is -2.23. The van der Waals surface area contributed by atoms with Crippen molar-refractivity contribution in [3.63, 3.8) is 0 Å². The Labute approximate surface area is 164 Å². The van der Waals surface area contributed by atoms with Gasteiger partial charge < -0.3 is 4.74 Å². The minimum absolute atomic E-state index is 0.152. The molecule has 0 aliphatic rings. The van der Waals surface area contributed by atoms with Gasteiger partial charge in [0, 0.05) is 16.6 Å². The summed E-state index contributed by atoms with van der Waals surface area (Å²) in [6, 6.07) is 5.01. The number of hydrogen-bond donors (Lipinski definition) is 1. The minimum atomic E-state index is -4.09. The molecule has 0 aliphatic carbocycles. The van der Waals surface area contributed by atoms with Gasteiger partial charge in [0.2, 0.25) is 0 Å². The molecule has 0 bridgehead atoms. The number of carbonyl (C=O) groups excluding carboxylic acids is 1. The zero-order chi connectivity index (χ0) is 19.8. The number of halogens is 2. The summed E-state index contributed by atoms with van der Waals surface area (Å²) < 4.78 is 46.3. The molecule has 10 heteroatoms. The van der Waals surface area contributed by atoms with E-state index in [0.717, 1.165) is 23.6 Å². The summed E-state index contributed by atoms with van der Waals surface area (Å²) in [5.41, 5.74) is 0.351. The first-order valence-electron chi connectivity index (χ1n) is 7.77. The highest BCUT2D eigenvalue weighted by Crippen LogP contribution is 2.32. The number of fused-ring (bicyclic) bond motifs is 1. The van der Waals surface area contributed by atoms with E-state index in [2.05, 4.69) is 9.71 Å². The Balaban J connectivity index is 2.00. The van der Waals surface area contributed by atoms with Crippen molar-refractivity contribution in [1.29, 1.82) is 0 Å². The number of pyridine rings is 1. The number of aromatic nitrogens is 1. The number of aryl methyl sites for hydroxylation is 1. The maximum absolute atomic E-state index is 13.9. The standard InChI is InChI=1S/C17H14ClFN2O4S2/c1-3-25-17(22)15-9(2)12-7-11(8-20-16(12)26-15)27(23,24)21-14-5-4-10(18)6-13(14)19/h4-8,21H,3H2,1-2H3. The van der Waals surface area contributed by atoms with E-state index in [1.165, 1.54) is 18.2 Å². The van der Waals surface area contributed by atoms with Crippen molar-refractivity contribution in [2.75, 3.05) is 11.3 Å². The number of carbonyl (C=O) groups is 1. The lowest BCUT2D eigenvalue weighted by Gasteiger charge is -2.09. The predicted molar refractivity (Wildman–Crippen MR) is 103 cm³/mol. The minimum Gasteiger partial charge on any atom is -0.462 e. The maximum atomic E-state index is 13.9. The fourth-order valence-corrected chi connectivity index (χ4v) is 4.62. The van der Waals surface area contributed by atoms with E-state index in [-0.39, 0.29) is 22.2 Å². The second-order valence-electron chi connectivity index (χ2n) is 5.53. The highest BCUT2D eigenvalue weighted by atomic mass is 35.5. The fraction of sp³-hybridized carbons (Fsp3) is 0.176. The van der Waals surface area contributed by atoms with Gasteiger partial charge in [0.15, 0.2) is 0 Å². The van der Waals surface area contributed by atoms with Gasteiger partial charge in [0.25, 0.3) is 10.0 Å². The molecule has 0 fully saturated rings. The molecule has 0 saturated carbocycles. The number of rotatable bonds is 5. The molecule has 142 valence electrons. The Morgan fingerprint density at radius 1 is 1.37 bits per heavy atom. The van der Waals surface area contributed by atoms with E-state index in [4.69, 9.17) is 16.3 Å². The molecule has 2 heterocycles. The van der Waals surface area contributed by atoms with Gasteiger partial charge in [-0.3, -0.25) is 4.72 Å². The van der Waals surface area contributed by atoms with Crippen LogP contribution in [0.3, 0.4) is 0 Å². The quantitative estimate of drug-likeness (QED) is 0.609. The number of nitrogens with zero attached hydrogens (tertiary/aromatic N) is 1. The van der Waals surface area contributed by atoms with Crippen molar-refractivity contribution in [3.8, 4) is 0 Å². The van der Waals surface area contributed by atoms with Crippen LogP contribution >= 0.6 is 22.9 Å². The van der Waals surface area contributed by atoms with Gasteiger partial charge in [-0.25, -0.2) is 22.6 Å². The van der Waals surface area contributed by atoms with E-state index in [9.17, 15) is 17.6 Å². The van der Waals surface area contributed by atoms with Gasteiger partial charge >= 0.3 is 5.97 Å². The number of anilines is 1. The third kappa shape index (κ3) is 3.90. The molecule has 1 N–H and O–H groups in total. The SMILES string of the molecule is CCOC(=O)c1sc2ncc(S(=O)(=O)Nc3ccc(Cl)cc3F)cc2c1C. The molecule has 0 unspecified atom stereocenters. The lowest BCUT2D eigenvalue weighted by Crippen LogP contribution is -2.14. The van der Waals surface area contributed by atoms with Crippen LogP contribution in [0.15, 0.2) is 35.4 Å². The van der Waals surface area contributed by atoms with Crippen molar-refractivity contribution >= 4 is 54.8 Å². The van der Waals surface area contributed by atoms with Crippen LogP contribution in [0.1, 0.15) is 22.2 Å². The summed E-state index contributed by atoms with van der Waals surface area (Å²) in [5, 5.41) is 0.668. The van der Waals surface area contributed by atoms with Gasteiger partial charge in [0.1, 0.15) is 20.4 Å². The Morgan fingerprint density at radius 3 is 2.78 bits per heavy atom. The van der Waals surface area contributed by atoms with Crippen LogP contribution in [0.2, 0.25) is 5.02 Å². The summed E-state index contributed by atoms with van der Waals surface area (Å²) in [7, 11) is -4.09. The topological polar surface area (TPSA) is 85.4 Å². The Bertz CT molecular complexity index is 1150. The first kappa shape index (κ1) is 19.5. The van der Waals surface area contributed by atoms with Crippen LogP contribution in [-0.4, -0.2) is 26.0 Å². The van der Waals surface area contributed by atoms with Crippen molar-refractivity contribution in [1.82, 2.24) is 4.98 Å². The van der Waals surface area contributed by atoms with Gasteiger partial charge in [-0.1, -0.05) is 11.6 Å². The molecule has 0 radical (unpaired) electrons. The van der Waals surface area contributed by atoms with Crippen LogP contribution in [0.5, 0.6) is 0 Å². The largest absolute Gasteiger partial charge is 0.462 e. The van der Waals surface area contributed by atoms with E-state index in [1.807, 2.05) is 0 Å². The number of thiophene rings is 1. The van der Waals surface area contributed by atoms with Crippen LogP contribution in [0.4, 0.5) is 10.1 Å². The van der Waals surface area contributed by atoms with Crippen LogP contribution in [0.25, 0.3) is 10.2 Å². The smallest absolute Gasteiger partial charge is 0.348 e. The van der Waals surface area contributed by atoms with Crippen molar-refractivity contribution in [3.05, 3.63) is 51.7 Å². The maximum Gasteiger partial charge on any atom is 0.348 e. The number of benzene rings is 1. The first-order chi connectivity index (χ1) is 12.7. The molecule has 3 aromatic rings. The Morgan fingerprint density at radius 2 is 2.11 bits per heavy atom. The average Bonchev–Trinajstić information content (AvgIpc) is 2.94. The molecule has 0 atom stereocenters. The Kier molecular flexibility index (Phi) is 5.36. The third-order valence-corrected chi connectivity index (χ3v) is 6.48. The lowest BCUT2D eigenvalue weighted by molar-refractivity contribution is 0.0531.